The average Bonchev–Trinajstić information content (AvgIpc) is 2.71. The number of carbonyl (C=O) groups is 1. The second-order valence-corrected chi connectivity index (χ2v) is 7.28. The number of nitrogens with zero attached hydrogens (tertiary/aromatic N) is 3. The second-order valence-electron chi connectivity index (χ2n) is 6.87. The number of methoxy groups -OCH3 is 1. The molecular formula is C20H23ClN4O4. The van der Waals surface area contributed by atoms with Crippen molar-refractivity contribution < 1.29 is 14.5 Å². The zero-order valence-corrected chi connectivity index (χ0v) is 16.9. The number of piperazine rings is 1. The van der Waals surface area contributed by atoms with Crippen LogP contribution in [0.2, 0.25) is 5.02 Å². The molecule has 1 fully saturated rings. The van der Waals surface area contributed by atoms with Crippen LogP contribution in [-0.4, -0.2) is 60.5 Å². The molecule has 9 heteroatoms. The fourth-order valence-corrected chi connectivity index (χ4v) is 3.42. The molecule has 1 N–H and O–H groups in total. The summed E-state index contributed by atoms with van der Waals surface area (Å²) in [4.78, 5) is 27.1. The first kappa shape index (κ1) is 21.0. The van der Waals surface area contributed by atoms with Gasteiger partial charge in [-0.1, -0.05) is 23.7 Å². The van der Waals surface area contributed by atoms with E-state index in [1.54, 1.807) is 13.2 Å². The molecule has 0 unspecified atom stereocenters. The van der Waals surface area contributed by atoms with Gasteiger partial charge in [0, 0.05) is 44.5 Å². The van der Waals surface area contributed by atoms with Crippen LogP contribution in [0.1, 0.15) is 5.56 Å². The summed E-state index contributed by atoms with van der Waals surface area (Å²) >= 11 is 5.80. The number of hydrogen-bond donors (Lipinski definition) is 1. The Bertz CT molecular complexity index is 867. The highest BCUT2D eigenvalue weighted by Gasteiger charge is 2.20. The zero-order chi connectivity index (χ0) is 20.8. The average molecular weight is 419 g/mol. The lowest BCUT2D eigenvalue weighted by atomic mass is 10.2. The van der Waals surface area contributed by atoms with Crippen LogP contribution >= 0.6 is 11.6 Å². The van der Waals surface area contributed by atoms with Gasteiger partial charge in [0.25, 0.3) is 5.69 Å². The highest BCUT2D eigenvalue weighted by atomic mass is 35.5. The summed E-state index contributed by atoms with van der Waals surface area (Å²) in [6.07, 6.45) is 0. The minimum absolute atomic E-state index is 0.0426. The Kier molecular flexibility index (Phi) is 7.03. The van der Waals surface area contributed by atoms with Crippen molar-refractivity contribution in [1.29, 1.82) is 0 Å². The Morgan fingerprint density at radius 3 is 2.41 bits per heavy atom. The fraction of sp³-hybridized carbons (Fsp3) is 0.350. The summed E-state index contributed by atoms with van der Waals surface area (Å²) in [5, 5.41) is 13.7. The number of nitrogens with one attached hydrogen (secondary N) is 1. The first-order valence-electron chi connectivity index (χ1n) is 9.26. The van der Waals surface area contributed by atoms with Crippen molar-refractivity contribution in [2.75, 3.05) is 45.2 Å². The van der Waals surface area contributed by atoms with Crippen LogP contribution in [0.4, 0.5) is 11.4 Å². The van der Waals surface area contributed by atoms with E-state index in [2.05, 4.69) is 27.2 Å². The second kappa shape index (κ2) is 9.69. The number of hydrogen-bond acceptors (Lipinski definition) is 6. The topological polar surface area (TPSA) is 88.0 Å². The van der Waals surface area contributed by atoms with E-state index >= 15 is 0 Å². The summed E-state index contributed by atoms with van der Waals surface area (Å²) in [6, 6.07) is 12.3. The van der Waals surface area contributed by atoms with E-state index in [1.165, 1.54) is 17.7 Å². The Morgan fingerprint density at radius 2 is 1.79 bits per heavy atom. The van der Waals surface area contributed by atoms with E-state index in [1.807, 2.05) is 12.1 Å². The van der Waals surface area contributed by atoms with Crippen LogP contribution in [-0.2, 0) is 11.3 Å². The van der Waals surface area contributed by atoms with Crippen LogP contribution < -0.4 is 10.1 Å². The third-order valence-electron chi connectivity index (χ3n) is 4.82. The smallest absolute Gasteiger partial charge is 0.289 e. The van der Waals surface area contributed by atoms with Gasteiger partial charge in [-0.3, -0.25) is 24.7 Å². The van der Waals surface area contributed by atoms with Gasteiger partial charge in [-0.25, -0.2) is 0 Å². The summed E-state index contributed by atoms with van der Waals surface area (Å²) in [6.45, 7) is 4.40. The Labute approximate surface area is 174 Å². The van der Waals surface area contributed by atoms with Crippen LogP contribution in [0, 0.1) is 10.1 Å². The van der Waals surface area contributed by atoms with E-state index in [0.29, 0.717) is 5.69 Å². The first-order valence-corrected chi connectivity index (χ1v) is 9.64. The number of ether oxygens (including phenoxy) is 1. The molecule has 154 valence electrons. The number of nitro groups is 1. The van der Waals surface area contributed by atoms with E-state index < -0.39 is 4.92 Å². The molecule has 3 rings (SSSR count). The molecule has 8 nitrogen and oxygen atoms in total. The standard InChI is InChI=1S/C20H23ClN4O4/c1-29-17-5-2-15(3-6-17)13-23-8-10-24(11-9-23)14-20(26)22-16-4-7-18(21)19(12-16)25(27)28/h2-7,12H,8-11,13-14H2,1H3,(H,22,26). The van der Waals surface area contributed by atoms with Crippen molar-refractivity contribution in [2.45, 2.75) is 6.54 Å². The van der Waals surface area contributed by atoms with Gasteiger partial charge in [0.1, 0.15) is 10.8 Å². The molecule has 1 aliphatic rings. The summed E-state index contributed by atoms with van der Waals surface area (Å²) in [5.74, 6) is 0.640. The predicted molar refractivity (Wildman–Crippen MR) is 111 cm³/mol. The van der Waals surface area contributed by atoms with Gasteiger partial charge >= 0.3 is 0 Å². The molecule has 1 heterocycles. The van der Waals surface area contributed by atoms with Gasteiger partial charge in [0.05, 0.1) is 18.6 Å². The third-order valence-corrected chi connectivity index (χ3v) is 5.14. The number of benzene rings is 2. The maximum Gasteiger partial charge on any atom is 0.289 e. The number of carbonyl (C=O) groups excluding carboxylic acids is 1. The summed E-state index contributed by atoms with van der Waals surface area (Å²) in [5.41, 5.74) is 1.36. The monoisotopic (exact) mass is 418 g/mol. The number of halogens is 1. The Morgan fingerprint density at radius 1 is 1.14 bits per heavy atom. The maximum atomic E-state index is 12.3. The summed E-state index contributed by atoms with van der Waals surface area (Å²) < 4.78 is 5.18. The van der Waals surface area contributed by atoms with E-state index in [9.17, 15) is 14.9 Å². The van der Waals surface area contributed by atoms with E-state index in [4.69, 9.17) is 16.3 Å². The lowest BCUT2D eigenvalue weighted by Crippen LogP contribution is -2.48. The molecule has 2 aromatic rings. The van der Waals surface area contributed by atoms with Gasteiger partial charge < -0.3 is 10.1 Å². The molecule has 29 heavy (non-hydrogen) atoms. The minimum atomic E-state index is -0.569. The number of amides is 1. The van der Waals surface area contributed by atoms with Crippen LogP contribution in [0.3, 0.4) is 0 Å². The van der Waals surface area contributed by atoms with Gasteiger partial charge in [0.15, 0.2) is 0 Å². The highest BCUT2D eigenvalue weighted by molar-refractivity contribution is 6.32. The lowest BCUT2D eigenvalue weighted by Gasteiger charge is -2.34. The van der Waals surface area contributed by atoms with Gasteiger partial charge in [-0.05, 0) is 29.8 Å². The molecule has 1 aliphatic heterocycles. The van der Waals surface area contributed by atoms with Crippen molar-refractivity contribution in [2.24, 2.45) is 0 Å². The largest absolute Gasteiger partial charge is 0.497 e. The molecule has 0 spiro atoms. The minimum Gasteiger partial charge on any atom is -0.497 e. The van der Waals surface area contributed by atoms with Crippen LogP contribution in [0.5, 0.6) is 5.75 Å². The first-order chi connectivity index (χ1) is 13.9. The number of anilines is 1. The summed E-state index contributed by atoms with van der Waals surface area (Å²) in [7, 11) is 1.65. The number of rotatable bonds is 7. The molecule has 1 amide bonds. The molecule has 2 aromatic carbocycles. The molecule has 0 aliphatic carbocycles. The zero-order valence-electron chi connectivity index (χ0n) is 16.1. The van der Waals surface area contributed by atoms with E-state index in [0.717, 1.165) is 38.5 Å². The van der Waals surface area contributed by atoms with Crippen molar-refractivity contribution in [3.8, 4) is 5.75 Å². The molecular weight excluding hydrogens is 396 g/mol. The van der Waals surface area contributed by atoms with Gasteiger partial charge in [-0.2, -0.15) is 0 Å². The van der Waals surface area contributed by atoms with Crippen molar-refractivity contribution in [1.82, 2.24) is 9.80 Å². The molecule has 0 aromatic heterocycles. The quantitative estimate of drug-likeness (QED) is 0.549. The molecule has 0 atom stereocenters. The predicted octanol–water partition coefficient (Wildman–Crippen LogP) is 3.01. The highest BCUT2D eigenvalue weighted by Crippen LogP contribution is 2.27. The van der Waals surface area contributed by atoms with Crippen molar-refractivity contribution in [3.63, 3.8) is 0 Å². The third kappa shape index (κ3) is 5.90. The van der Waals surface area contributed by atoms with Crippen LogP contribution in [0.15, 0.2) is 42.5 Å². The van der Waals surface area contributed by atoms with Crippen LogP contribution in [0.25, 0.3) is 0 Å². The maximum absolute atomic E-state index is 12.3. The SMILES string of the molecule is COc1ccc(CN2CCN(CC(=O)Nc3ccc(Cl)c([N+](=O)[O-])c3)CC2)cc1. The van der Waals surface area contributed by atoms with Gasteiger partial charge in [0.2, 0.25) is 5.91 Å². The molecule has 0 saturated carbocycles. The lowest BCUT2D eigenvalue weighted by molar-refractivity contribution is -0.384. The van der Waals surface area contributed by atoms with E-state index in [-0.39, 0.29) is 23.2 Å². The molecule has 1 saturated heterocycles. The fourth-order valence-electron chi connectivity index (χ4n) is 3.23. The normalized spacial score (nSPS) is 15.1. The Balaban J connectivity index is 1.46. The number of nitro benzene ring substituents is 1. The van der Waals surface area contributed by atoms with Crippen molar-refractivity contribution >= 4 is 28.9 Å². The van der Waals surface area contributed by atoms with Gasteiger partial charge in [-0.15, -0.1) is 0 Å². The molecule has 0 bridgehead atoms. The molecule has 0 radical (unpaired) electrons. The Hall–Kier alpha value is -2.68. The van der Waals surface area contributed by atoms with Crippen molar-refractivity contribution in [3.05, 3.63) is 63.2 Å².